The zero-order chi connectivity index (χ0) is 16.0. The Bertz CT molecular complexity index is 562. The van der Waals surface area contributed by atoms with Gasteiger partial charge in [-0.15, -0.1) is 0 Å². The molecule has 8 heteroatoms. The van der Waals surface area contributed by atoms with E-state index in [9.17, 15) is 19.7 Å². The van der Waals surface area contributed by atoms with Gasteiger partial charge in [0, 0.05) is 18.2 Å². The summed E-state index contributed by atoms with van der Waals surface area (Å²) in [6.07, 6.45) is 1.57. The highest BCUT2D eigenvalue weighted by Gasteiger charge is 2.20. The van der Waals surface area contributed by atoms with E-state index in [-0.39, 0.29) is 22.8 Å². The van der Waals surface area contributed by atoms with Gasteiger partial charge in [-0.2, -0.15) is 0 Å². The van der Waals surface area contributed by atoms with Crippen molar-refractivity contribution in [2.24, 2.45) is 5.73 Å². The van der Waals surface area contributed by atoms with Crippen LogP contribution >= 0.6 is 11.6 Å². The highest BCUT2D eigenvalue weighted by molar-refractivity contribution is 6.33. The first-order valence-corrected chi connectivity index (χ1v) is 6.76. The molecule has 0 aliphatic heterocycles. The lowest BCUT2D eigenvalue weighted by atomic mass is 10.1. The molecule has 0 saturated heterocycles. The number of carbonyl (C=O) groups excluding carboxylic acids is 2. The van der Waals surface area contributed by atoms with Gasteiger partial charge in [0.15, 0.2) is 0 Å². The summed E-state index contributed by atoms with van der Waals surface area (Å²) in [6, 6.07) is 3.70. The number of nitro benzene ring substituents is 1. The number of unbranched alkanes of at least 4 members (excludes halogenated alkanes) is 1. The number of carbonyl (C=O) groups is 2. The topological polar surface area (TPSA) is 107 Å². The van der Waals surface area contributed by atoms with Gasteiger partial charge in [0.25, 0.3) is 11.6 Å². The molecule has 2 N–H and O–H groups in total. The maximum Gasteiger partial charge on any atom is 0.287 e. The van der Waals surface area contributed by atoms with E-state index in [1.807, 2.05) is 6.92 Å². The molecule has 0 aromatic heterocycles. The van der Waals surface area contributed by atoms with E-state index in [2.05, 4.69) is 0 Å². The van der Waals surface area contributed by atoms with Crippen LogP contribution in [0.5, 0.6) is 0 Å². The van der Waals surface area contributed by atoms with Gasteiger partial charge in [0.05, 0.1) is 11.5 Å². The van der Waals surface area contributed by atoms with Crippen LogP contribution in [0.4, 0.5) is 5.69 Å². The first kappa shape index (κ1) is 16.9. The predicted octanol–water partition coefficient (Wildman–Crippen LogP) is 1.98. The maximum atomic E-state index is 12.3. The van der Waals surface area contributed by atoms with Crippen LogP contribution in [-0.2, 0) is 4.79 Å². The van der Waals surface area contributed by atoms with Crippen LogP contribution < -0.4 is 5.73 Å². The van der Waals surface area contributed by atoms with Gasteiger partial charge in [-0.25, -0.2) is 0 Å². The van der Waals surface area contributed by atoms with E-state index >= 15 is 0 Å². The summed E-state index contributed by atoms with van der Waals surface area (Å²) in [4.78, 5) is 34.7. The van der Waals surface area contributed by atoms with Crippen molar-refractivity contribution in [2.75, 3.05) is 13.1 Å². The Hall–Kier alpha value is -2.15. The summed E-state index contributed by atoms with van der Waals surface area (Å²) in [5, 5.41) is 10.6. The number of nitrogens with two attached hydrogens (primary N) is 1. The molecular formula is C13H16ClN3O4. The summed E-state index contributed by atoms with van der Waals surface area (Å²) < 4.78 is 0. The van der Waals surface area contributed by atoms with Crippen molar-refractivity contribution < 1.29 is 14.5 Å². The van der Waals surface area contributed by atoms with E-state index in [0.717, 1.165) is 18.9 Å². The SMILES string of the molecule is CCCCN(CC(N)=O)C(=O)c1ccc([N+](=O)[O-])c(Cl)c1. The van der Waals surface area contributed by atoms with Gasteiger partial charge in [-0.3, -0.25) is 19.7 Å². The molecule has 0 heterocycles. The number of nitro groups is 1. The lowest BCUT2D eigenvalue weighted by Crippen LogP contribution is -2.39. The first-order chi connectivity index (χ1) is 9.86. The Kier molecular flexibility index (Phi) is 6.10. The van der Waals surface area contributed by atoms with Crippen molar-refractivity contribution >= 4 is 29.1 Å². The Morgan fingerprint density at radius 2 is 2.10 bits per heavy atom. The van der Waals surface area contributed by atoms with Gasteiger partial charge < -0.3 is 10.6 Å². The summed E-state index contributed by atoms with van der Waals surface area (Å²) in [7, 11) is 0. The summed E-state index contributed by atoms with van der Waals surface area (Å²) in [6.45, 7) is 2.13. The monoisotopic (exact) mass is 313 g/mol. The van der Waals surface area contributed by atoms with E-state index in [1.54, 1.807) is 0 Å². The van der Waals surface area contributed by atoms with Gasteiger partial charge in [-0.05, 0) is 18.6 Å². The maximum absolute atomic E-state index is 12.3. The lowest BCUT2D eigenvalue weighted by Gasteiger charge is -2.21. The van der Waals surface area contributed by atoms with Gasteiger partial charge >= 0.3 is 0 Å². The summed E-state index contributed by atoms with van der Waals surface area (Å²) in [5.74, 6) is -1.05. The van der Waals surface area contributed by atoms with Crippen molar-refractivity contribution in [3.63, 3.8) is 0 Å². The first-order valence-electron chi connectivity index (χ1n) is 6.38. The third-order valence-electron chi connectivity index (χ3n) is 2.81. The fraction of sp³-hybridized carbons (Fsp3) is 0.385. The Morgan fingerprint density at radius 1 is 1.43 bits per heavy atom. The molecule has 2 amide bonds. The second-order valence-electron chi connectivity index (χ2n) is 4.47. The predicted molar refractivity (Wildman–Crippen MR) is 78.1 cm³/mol. The minimum absolute atomic E-state index is 0.125. The molecule has 0 spiro atoms. The molecule has 21 heavy (non-hydrogen) atoms. The van der Waals surface area contributed by atoms with Crippen molar-refractivity contribution in [3.05, 3.63) is 38.9 Å². The molecule has 0 unspecified atom stereocenters. The minimum Gasteiger partial charge on any atom is -0.368 e. The van der Waals surface area contributed by atoms with Crippen LogP contribution in [0.3, 0.4) is 0 Å². The smallest absolute Gasteiger partial charge is 0.287 e. The van der Waals surface area contributed by atoms with E-state index in [1.165, 1.54) is 17.0 Å². The number of amides is 2. The van der Waals surface area contributed by atoms with Crippen molar-refractivity contribution in [3.8, 4) is 0 Å². The molecule has 0 saturated carbocycles. The quantitative estimate of drug-likeness (QED) is 0.613. The summed E-state index contributed by atoms with van der Waals surface area (Å²) in [5.41, 5.74) is 5.03. The van der Waals surface area contributed by atoms with Crippen molar-refractivity contribution in [2.45, 2.75) is 19.8 Å². The number of hydrogen-bond donors (Lipinski definition) is 1. The fourth-order valence-electron chi connectivity index (χ4n) is 1.76. The van der Waals surface area contributed by atoms with Crippen LogP contribution in [0.2, 0.25) is 5.02 Å². The third kappa shape index (κ3) is 4.71. The number of halogens is 1. The van der Waals surface area contributed by atoms with Crippen molar-refractivity contribution in [1.29, 1.82) is 0 Å². The van der Waals surface area contributed by atoms with Crippen molar-refractivity contribution in [1.82, 2.24) is 4.90 Å². The number of hydrogen-bond acceptors (Lipinski definition) is 4. The molecule has 114 valence electrons. The van der Waals surface area contributed by atoms with Gasteiger partial charge in [0.1, 0.15) is 5.02 Å². The summed E-state index contributed by atoms with van der Waals surface area (Å²) >= 11 is 5.78. The Balaban J connectivity index is 2.99. The number of benzene rings is 1. The van der Waals surface area contributed by atoms with Gasteiger partial charge in [-0.1, -0.05) is 24.9 Å². The number of nitrogens with zero attached hydrogens (tertiary/aromatic N) is 2. The molecule has 0 fully saturated rings. The zero-order valence-electron chi connectivity index (χ0n) is 11.5. The van der Waals surface area contributed by atoms with Crippen LogP contribution in [0.25, 0.3) is 0 Å². The molecular weight excluding hydrogens is 298 g/mol. The third-order valence-corrected chi connectivity index (χ3v) is 3.11. The molecule has 0 bridgehead atoms. The molecule has 1 rings (SSSR count). The van der Waals surface area contributed by atoms with Gasteiger partial charge in [0.2, 0.25) is 5.91 Å². The molecule has 0 aliphatic carbocycles. The Morgan fingerprint density at radius 3 is 2.57 bits per heavy atom. The molecule has 1 aromatic rings. The molecule has 0 atom stereocenters. The molecule has 0 aliphatic rings. The van der Waals surface area contributed by atoms with Crippen LogP contribution in [0.15, 0.2) is 18.2 Å². The van der Waals surface area contributed by atoms with E-state index in [0.29, 0.717) is 6.54 Å². The number of rotatable bonds is 7. The lowest BCUT2D eigenvalue weighted by molar-refractivity contribution is -0.384. The zero-order valence-corrected chi connectivity index (χ0v) is 12.3. The molecule has 7 nitrogen and oxygen atoms in total. The van der Waals surface area contributed by atoms with E-state index in [4.69, 9.17) is 17.3 Å². The molecule has 1 aromatic carbocycles. The Labute approximate surface area is 126 Å². The average Bonchev–Trinajstić information content (AvgIpc) is 2.41. The largest absolute Gasteiger partial charge is 0.368 e. The normalized spacial score (nSPS) is 10.2. The fourth-order valence-corrected chi connectivity index (χ4v) is 2.01. The van der Waals surface area contributed by atoms with Crippen LogP contribution in [-0.4, -0.2) is 34.7 Å². The number of primary amides is 1. The second-order valence-corrected chi connectivity index (χ2v) is 4.88. The van der Waals surface area contributed by atoms with Crippen LogP contribution in [0.1, 0.15) is 30.1 Å². The highest BCUT2D eigenvalue weighted by Crippen LogP contribution is 2.25. The molecule has 0 radical (unpaired) electrons. The van der Waals surface area contributed by atoms with E-state index < -0.39 is 16.7 Å². The second kappa shape index (κ2) is 7.58. The average molecular weight is 314 g/mol. The standard InChI is InChI=1S/C13H16ClN3O4/c1-2-3-6-16(8-12(15)18)13(19)9-4-5-11(17(20)21)10(14)7-9/h4-5,7H,2-3,6,8H2,1H3,(H2,15,18). The highest BCUT2D eigenvalue weighted by atomic mass is 35.5. The minimum atomic E-state index is -0.630. The van der Waals surface area contributed by atoms with Crippen LogP contribution in [0, 0.1) is 10.1 Å².